The zero-order valence-corrected chi connectivity index (χ0v) is 62.7. The summed E-state index contributed by atoms with van der Waals surface area (Å²) < 4.78 is 14.4. The Morgan fingerprint density at radius 3 is 0.964 bits per heavy atom. The van der Waals surface area contributed by atoms with E-state index in [9.17, 15) is 24.3 Å². The third kappa shape index (κ3) is 25.8. The van der Waals surface area contributed by atoms with E-state index in [4.69, 9.17) is 50.6 Å². The first-order chi connectivity index (χ1) is 54.2. The fourth-order valence-electron chi connectivity index (χ4n) is 12.7. The van der Waals surface area contributed by atoms with Crippen LogP contribution in [0.15, 0.2) is 231 Å². The van der Waals surface area contributed by atoms with E-state index in [1.54, 1.807) is 46.2 Å². The molecule has 0 aliphatic carbocycles. The summed E-state index contributed by atoms with van der Waals surface area (Å²) in [6.45, 7) is 11.8. The summed E-state index contributed by atoms with van der Waals surface area (Å²) in [5.74, 6) is 1.75. The van der Waals surface area contributed by atoms with Gasteiger partial charge in [0.2, 0.25) is 0 Å². The molecule has 23 heteroatoms. The smallest absolute Gasteiger partial charge is 0.267 e. The molecule has 23 nitrogen and oxygen atoms in total. The Kier molecular flexibility index (Phi) is 33.2. The van der Waals surface area contributed by atoms with Crippen LogP contribution in [-0.4, -0.2) is 119 Å². The van der Waals surface area contributed by atoms with Crippen molar-refractivity contribution in [3.63, 3.8) is 0 Å². The molecule has 8 aromatic carbocycles. The van der Waals surface area contributed by atoms with E-state index in [2.05, 4.69) is 80.9 Å². The number of hydroxylamine groups is 4. The lowest BCUT2D eigenvalue weighted by molar-refractivity contribution is -0.124. The first-order valence-electron chi connectivity index (χ1n) is 37.2. The monoisotopic (exact) mass is 1500 g/mol. The number of carbonyl (C=O) groups excluding carboxylic acids is 4. The van der Waals surface area contributed by atoms with Crippen LogP contribution in [0.25, 0.3) is 68.4 Å². The number of amides is 4. The minimum Gasteiger partial charge on any atom is -0.396 e. The number of hydrogen-bond acceptors (Lipinski definition) is 15. The molecule has 4 aromatic heterocycles. The Labute approximate surface area is 645 Å². The first-order valence-corrected chi connectivity index (χ1v) is 37.2. The van der Waals surface area contributed by atoms with Crippen LogP contribution in [0.2, 0.25) is 0 Å². The summed E-state index contributed by atoms with van der Waals surface area (Å²) in [6, 6.07) is 64.8. The van der Waals surface area contributed by atoms with Crippen molar-refractivity contribution in [2.24, 2.45) is 0 Å². The van der Waals surface area contributed by atoms with Gasteiger partial charge < -0.3 is 33.2 Å². The van der Waals surface area contributed by atoms with Crippen molar-refractivity contribution in [2.45, 2.75) is 123 Å². The zero-order valence-electron chi connectivity index (χ0n) is 62.7. The molecule has 576 valence electrons. The number of unbranched alkanes of at least 4 members (excludes halogenated alkanes) is 2. The molecule has 0 radical (unpaired) electrons. The zero-order chi connectivity index (χ0) is 78.5. The van der Waals surface area contributed by atoms with Crippen molar-refractivity contribution in [3.05, 3.63) is 299 Å². The molecule has 0 saturated heterocycles. The standard InChI is InChI=1S/C24H29N3O3.C23H27N3O3.C21H21N3O2.C20H21N3O3/c1-18(2)30-16-6-15-27-22-12-9-20(11-14-24(28)26-29)17-21(22)25-23(27)13-10-19-7-4-3-5-8-19;27-16-6-2-5-15-26-21-12-9-19(11-14-23(28)25-29)17-20(21)24-22(26)13-10-18-7-3-1-4-8-18;1-2-14-24-19-11-8-17(10-13-21(25)23-26)15-18(19)22-20(24)12-9-16-6-4-3-5-7-16;24-13-12-23-18-9-6-16(8-11-20(25)22-26)14-17(18)21-19(23)10-7-15-4-2-1-3-5-15/h3-5,7-9,11-12,14,17-18,29H,6,10,13,15-16H2,1-2H3,(H,26,28);1,3-4,7-9,11-12,14,17,27,29H,2,5-6,10,13,15-16H2,(H,25,28);2-8,10-11,13,15,26H,1,9,12,14H2,(H,23,25);1-6,8-9,11,14,24,26H,7,10,12-13H2,(H,22,25)/b2*14-11+;13-10+;11-8+. The number of benzene rings is 8. The number of aliphatic hydroxyl groups excluding tert-OH is 2. The molecule has 10 N–H and O–H groups in total. The highest BCUT2D eigenvalue weighted by molar-refractivity contribution is 5.94. The SMILES string of the molecule is C=CCn1c(CCc2ccccc2)nc2cc(/C=C/C(=O)NO)ccc21.CC(C)OCCCn1c(CCc2ccccc2)nc2cc(/C=C/C(=O)NO)ccc21.O=C(/C=C/c1ccc2c(c1)nc(CCc1ccccc1)n2CCCCCO)NO.O=C(/C=C/c1ccc2c(c1)nc(CCc1ccccc1)n2CCO)NO. The minimum atomic E-state index is -0.584. The lowest BCUT2D eigenvalue weighted by atomic mass is 10.1. The fraction of sp³-hybridized carbons (Fsp3) is 0.250. The van der Waals surface area contributed by atoms with E-state index in [-0.39, 0.29) is 19.3 Å². The Morgan fingerprint density at radius 1 is 0.378 bits per heavy atom. The van der Waals surface area contributed by atoms with Gasteiger partial charge in [-0.15, -0.1) is 6.58 Å². The normalized spacial score (nSPS) is 11.4. The van der Waals surface area contributed by atoms with Gasteiger partial charge in [0.25, 0.3) is 23.6 Å². The van der Waals surface area contributed by atoms with Crippen molar-refractivity contribution < 1.29 is 55.0 Å². The largest absolute Gasteiger partial charge is 0.396 e. The molecule has 12 aromatic rings. The Morgan fingerprint density at radius 2 is 0.676 bits per heavy atom. The molecule has 4 amide bonds. The van der Waals surface area contributed by atoms with Crippen LogP contribution in [0.5, 0.6) is 0 Å². The van der Waals surface area contributed by atoms with Gasteiger partial charge in [0.05, 0.1) is 56.8 Å². The van der Waals surface area contributed by atoms with E-state index >= 15 is 0 Å². The van der Waals surface area contributed by atoms with Gasteiger partial charge in [-0.1, -0.05) is 152 Å². The van der Waals surface area contributed by atoms with E-state index in [0.29, 0.717) is 19.7 Å². The highest BCUT2D eigenvalue weighted by Crippen LogP contribution is 2.26. The van der Waals surface area contributed by atoms with E-state index in [0.717, 1.165) is 180 Å². The van der Waals surface area contributed by atoms with Gasteiger partial charge in [0.15, 0.2) is 0 Å². The molecular formula is C88H98N12O11. The van der Waals surface area contributed by atoms with E-state index in [1.165, 1.54) is 46.6 Å². The molecule has 4 heterocycles. The maximum atomic E-state index is 11.2. The minimum absolute atomic E-state index is 0.0438. The second kappa shape index (κ2) is 44.4. The number of hydrogen-bond donors (Lipinski definition) is 10. The van der Waals surface area contributed by atoms with Crippen molar-refractivity contribution in [1.29, 1.82) is 0 Å². The molecular weight excluding hydrogens is 1400 g/mol. The number of aromatic nitrogens is 8. The number of allylic oxidation sites excluding steroid dienone is 1. The number of carbonyl (C=O) groups is 4. The van der Waals surface area contributed by atoms with Gasteiger partial charge in [-0.25, -0.2) is 41.9 Å². The lowest BCUT2D eigenvalue weighted by Gasteiger charge is -2.11. The third-order valence-electron chi connectivity index (χ3n) is 18.1. The van der Waals surface area contributed by atoms with Crippen LogP contribution >= 0.6 is 0 Å². The fourth-order valence-corrected chi connectivity index (χ4v) is 12.7. The molecule has 0 aliphatic rings. The second-order valence-corrected chi connectivity index (χ2v) is 26.4. The number of nitrogens with one attached hydrogen (secondary N) is 4. The molecule has 12 rings (SSSR count). The van der Waals surface area contributed by atoms with Crippen molar-refractivity contribution in [2.75, 3.05) is 19.8 Å². The maximum absolute atomic E-state index is 11.2. The molecule has 0 saturated carbocycles. The quantitative estimate of drug-likeness (QED) is 0.00589. The van der Waals surface area contributed by atoms with Crippen LogP contribution in [0.4, 0.5) is 0 Å². The van der Waals surface area contributed by atoms with Crippen LogP contribution in [0.3, 0.4) is 0 Å². The van der Waals surface area contributed by atoms with Gasteiger partial charge >= 0.3 is 0 Å². The Hall–Kier alpha value is -12.1. The number of ether oxygens (including phenoxy) is 1. The van der Waals surface area contributed by atoms with Crippen molar-refractivity contribution in [3.8, 4) is 0 Å². The molecule has 0 unspecified atom stereocenters. The number of fused-ring (bicyclic) bond motifs is 4. The van der Waals surface area contributed by atoms with Crippen molar-refractivity contribution >= 4 is 92.1 Å². The number of rotatable bonds is 34. The second-order valence-electron chi connectivity index (χ2n) is 26.4. The predicted molar refractivity (Wildman–Crippen MR) is 434 cm³/mol. The Balaban J connectivity index is 0.000000170. The van der Waals surface area contributed by atoms with Gasteiger partial charge in [-0.05, 0) is 183 Å². The molecule has 0 fully saturated rings. The van der Waals surface area contributed by atoms with Crippen LogP contribution in [-0.2, 0) is 101 Å². The molecule has 0 atom stereocenters. The van der Waals surface area contributed by atoms with Crippen LogP contribution in [0, 0.1) is 0 Å². The van der Waals surface area contributed by atoms with Gasteiger partial charge in [0, 0.05) is 89.4 Å². The molecule has 0 bridgehead atoms. The molecule has 0 aliphatic heterocycles. The highest BCUT2D eigenvalue weighted by Gasteiger charge is 2.17. The lowest BCUT2D eigenvalue weighted by Crippen LogP contribution is -2.14. The topological polar surface area (TPSA) is 318 Å². The number of nitrogens with zero attached hydrogens (tertiary/aromatic N) is 8. The summed E-state index contributed by atoms with van der Waals surface area (Å²) in [6.07, 6.45) is 24.4. The number of aliphatic hydroxyl groups is 2. The van der Waals surface area contributed by atoms with Gasteiger partial charge in [0.1, 0.15) is 23.3 Å². The Bertz CT molecular complexity index is 5080. The van der Waals surface area contributed by atoms with Gasteiger partial charge in [-0.2, -0.15) is 0 Å². The molecule has 111 heavy (non-hydrogen) atoms. The number of imidazole rings is 4. The van der Waals surface area contributed by atoms with Crippen molar-refractivity contribution in [1.82, 2.24) is 60.1 Å². The number of aryl methyl sites for hydroxylation is 10. The summed E-state index contributed by atoms with van der Waals surface area (Å²) in [7, 11) is 0. The average Bonchev–Trinajstić information content (AvgIpc) is 1.67. The highest BCUT2D eigenvalue weighted by atomic mass is 16.5. The summed E-state index contributed by atoms with van der Waals surface area (Å²) in [5, 5.41) is 52.8. The predicted octanol–water partition coefficient (Wildman–Crippen LogP) is 13.5. The van der Waals surface area contributed by atoms with E-state index in [1.807, 2.05) is 158 Å². The van der Waals surface area contributed by atoms with Crippen LogP contribution in [0.1, 0.15) is 107 Å². The van der Waals surface area contributed by atoms with Gasteiger partial charge in [-0.3, -0.25) is 40.0 Å². The third-order valence-corrected chi connectivity index (χ3v) is 18.1. The summed E-state index contributed by atoms with van der Waals surface area (Å²) in [5.41, 5.74) is 22.4. The maximum Gasteiger partial charge on any atom is 0.267 e. The summed E-state index contributed by atoms with van der Waals surface area (Å²) in [4.78, 5) is 64.0. The van der Waals surface area contributed by atoms with Crippen LogP contribution < -0.4 is 21.9 Å². The first kappa shape index (κ1) is 83.0. The molecule has 0 spiro atoms. The van der Waals surface area contributed by atoms with E-state index < -0.39 is 23.6 Å². The average molecular weight is 1500 g/mol. The summed E-state index contributed by atoms with van der Waals surface area (Å²) >= 11 is 0.